The van der Waals surface area contributed by atoms with E-state index in [-0.39, 0.29) is 23.3 Å². The zero-order chi connectivity index (χ0) is 21.3. The number of ether oxygens (including phenoxy) is 2. The van der Waals surface area contributed by atoms with Gasteiger partial charge in [0.1, 0.15) is 5.52 Å². The monoisotopic (exact) mass is 444 g/mol. The molecule has 0 bridgehead atoms. The Bertz CT molecular complexity index is 1150. The van der Waals surface area contributed by atoms with Gasteiger partial charge >= 0.3 is 5.97 Å². The van der Waals surface area contributed by atoms with Crippen LogP contribution in [-0.4, -0.2) is 36.6 Å². The van der Waals surface area contributed by atoms with E-state index in [1.54, 1.807) is 4.90 Å². The summed E-state index contributed by atoms with van der Waals surface area (Å²) in [6.45, 7) is 1.64. The topological polar surface area (TPSA) is 68.7 Å². The van der Waals surface area contributed by atoms with Crippen molar-refractivity contribution in [3.05, 3.63) is 63.8 Å². The van der Waals surface area contributed by atoms with Gasteiger partial charge in [-0.2, -0.15) is 0 Å². The zero-order valence-corrected chi connectivity index (χ0v) is 17.7. The molecule has 0 saturated carbocycles. The molecule has 0 unspecified atom stereocenters. The molecule has 2 aromatic carbocycles. The molecule has 0 aliphatic carbocycles. The Morgan fingerprint density at radius 1 is 1.10 bits per heavy atom. The predicted octanol–water partition coefficient (Wildman–Crippen LogP) is 4.36. The van der Waals surface area contributed by atoms with Crippen LogP contribution in [0.3, 0.4) is 0 Å². The van der Waals surface area contributed by atoms with E-state index in [1.165, 1.54) is 6.07 Å². The Hall–Kier alpha value is -2.83. The van der Waals surface area contributed by atoms with Crippen molar-refractivity contribution in [2.45, 2.75) is 13.3 Å². The van der Waals surface area contributed by atoms with Gasteiger partial charge in [0.15, 0.2) is 19.0 Å². The van der Waals surface area contributed by atoms with Gasteiger partial charge in [0, 0.05) is 23.3 Å². The average molecular weight is 445 g/mol. The number of rotatable bonds is 5. The van der Waals surface area contributed by atoms with Crippen molar-refractivity contribution in [3.8, 4) is 5.75 Å². The molecule has 1 amide bonds. The van der Waals surface area contributed by atoms with Crippen molar-refractivity contribution in [1.82, 2.24) is 4.98 Å². The smallest absolute Gasteiger partial charge is 0.344 e. The molecule has 3 aromatic rings. The second kappa shape index (κ2) is 8.50. The highest BCUT2D eigenvalue weighted by Gasteiger charge is 2.25. The number of nitrogens with zero attached hydrogens (tertiary/aromatic N) is 2. The summed E-state index contributed by atoms with van der Waals surface area (Å²) in [6, 6.07) is 12.9. The Labute approximate surface area is 183 Å². The molecule has 0 radical (unpaired) electrons. The van der Waals surface area contributed by atoms with Crippen LogP contribution in [0.25, 0.3) is 10.9 Å². The number of carbonyl (C=O) groups excluding carboxylic acids is 2. The van der Waals surface area contributed by atoms with Crippen LogP contribution >= 0.6 is 23.2 Å². The number of hydrogen-bond acceptors (Lipinski definition) is 5. The number of halogens is 2. The van der Waals surface area contributed by atoms with E-state index < -0.39 is 12.6 Å². The first kappa shape index (κ1) is 20.4. The molecule has 154 valence electrons. The summed E-state index contributed by atoms with van der Waals surface area (Å²) in [5, 5.41) is 1.34. The molecule has 30 heavy (non-hydrogen) atoms. The Balaban J connectivity index is 1.39. The number of esters is 1. The fourth-order valence-electron chi connectivity index (χ4n) is 3.42. The van der Waals surface area contributed by atoms with E-state index in [9.17, 15) is 9.59 Å². The lowest BCUT2D eigenvalue weighted by molar-refractivity contribution is -0.149. The summed E-state index contributed by atoms with van der Waals surface area (Å²) >= 11 is 12.5. The fourth-order valence-corrected chi connectivity index (χ4v) is 3.99. The minimum absolute atomic E-state index is 0.239. The molecule has 1 aromatic heterocycles. The molecule has 1 aliphatic rings. The van der Waals surface area contributed by atoms with Crippen LogP contribution in [-0.2, 0) is 20.7 Å². The lowest BCUT2D eigenvalue weighted by atomic mass is 10.2. The number of para-hydroxylation sites is 1. The molecule has 2 heterocycles. The summed E-state index contributed by atoms with van der Waals surface area (Å²) < 4.78 is 10.7. The normalized spacial score (nSPS) is 12.7. The molecule has 0 atom stereocenters. The zero-order valence-electron chi connectivity index (χ0n) is 16.2. The van der Waals surface area contributed by atoms with Gasteiger partial charge < -0.3 is 14.4 Å². The quantitative estimate of drug-likeness (QED) is 0.546. The van der Waals surface area contributed by atoms with Gasteiger partial charge in [-0.25, -0.2) is 9.78 Å². The molecule has 4 rings (SSSR count). The number of anilines is 1. The molecule has 0 N–H and O–H groups in total. The second-order valence-electron chi connectivity index (χ2n) is 6.89. The van der Waals surface area contributed by atoms with Gasteiger partial charge in [-0.1, -0.05) is 41.4 Å². The van der Waals surface area contributed by atoms with Crippen molar-refractivity contribution < 1.29 is 19.1 Å². The van der Waals surface area contributed by atoms with Gasteiger partial charge in [-0.05, 0) is 43.2 Å². The third-order valence-electron chi connectivity index (χ3n) is 4.86. The van der Waals surface area contributed by atoms with Crippen LogP contribution in [0, 0.1) is 6.92 Å². The maximum Gasteiger partial charge on any atom is 0.344 e. The number of carbonyl (C=O) groups is 2. The second-order valence-corrected chi connectivity index (χ2v) is 7.71. The molecule has 8 heteroatoms. The van der Waals surface area contributed by atoms with Crippen LogP contribution in [0.1, 0.15) is 11.3 Å². The number of pyridine rings is 1. The van der Waals surface area contributed by atoms with Crippen LogP contribution in [0.4, 0.5) is 5.69 Å². The maximum atomic E-state index is 12.5. The summed E-state index contributed by atoms with van der Waals surface area (Å²) in [4.78, 5) is 30.6. The van der Waals surface area contributed by atoms with E-state index in [4.69, 9.17) is 32.7 Å². The Morgan fingerprint density at radius 2 is 1.90 bits per heavy atom. The molecule has 1 aliphatic heterocycles. The lowest BCUT2D eigenvalue weighted by Crippen LogP contribution is -2.33. The van der Waals surface area contributed by atoms with Crippen LogP contribution in [0.15, 0.2) is 42.5 Å². The van der Waals surface area contributed by atoms with E-state index in [0.29, 0.717) is 22.5 Å². The van der Waals surface area contributed by atoms with Crippen LogP contribution < -0.4 is 9.64 Å². The fraction of sp³-hybridized carbons (Fsp3) is 0.227. The van der Waals surface area contributed by atoms with Crippen molar-refractivity contribution in [2.24, 2.45) is 0 Å². The molecular weight excluding hydrogens is 427 g/mol. The first-order chi connectivity index (χ1) is 14.4. The summed E-state index contributed by atoms with van der Waals surface area (Å²) in [7, 11) is 0. The van der Waals surface area contributed by atoms with E-state index in [0.717, 1.165) is 23.4 Å². The highest BCUT2D eigenvalue weighted by molar-refractivity contribution is 6.39. The minimum atomic E-state index is -0.678. The third kappa shape index (κ3) is 4.06. The van der Waals surface area contributed by atoms with Gasteiger partial charge in [0.25, 0.3) is 5.91 Å². The minimum Gasteiger partial charge on any atom is -0.478 e. The highest BCUT2D eigenvalue weighted by Crippen LogP contribution is 2.37. The first-order valence-electron chi connectivity index (χ1n) is 9.36. The molecular formula is C22H18Cl2N2O4. The highest BCUT2D eigenvalue weighted by atomic mass is 35.5. The van der Waals surface area contributed by atoms with Crippen molar-refractivity contribution in [3.63, 3.8) is 0 Å². The SMILES string of the molecule is Cc1ccc2c(Cl)cc(Cl)c(OCC(=O)OCC(=O)N3CCc4ccccc43)c2n1. The van der Waals surface area contributed by atoms with Crippen LogP contribution in [0.5, 0.6) is 5.75 Å². The number of fused-ring (bicyclic) bond motifs is 2. The van der Waals surface area contributed by atoms with Crippen LogP contribution in [0.2, 0.25) is 10.0 Å². The lowest BCUT2D eigenvalue weighted by Gasteiger charge is -2.17. The van der Waals surface area contributed by atoms with E-state index in [2.05, 4.69) is 4.98 Å². The Kier molecular flexibility index (Phi) is 5.79. The van der Waals surface area contributed by atoms with E-state index in [1.807, 2.05) is 43.3 Å². The van der Waals surface area contributed by atoms with Gasteiger partial charge in [0.2, 0.25) is 0 Å². The number of hydrogen-bond donors (Lipinski definition) is 0. The summed E-state index contributed by atoms with van der Waals surface area (Å²) in [5.41, 5.74) is 3.18. The van der Waals surface area contributed by atoms with Crippen molar-refractivity contribution in [1.29, 1.82) is 0 Å². The predicted molar refractivity (Wildman–Crippen MR) is 115 cm³/mol. The first-order valence-corrected chi connectivity index (χ1v) is 10.1. The number of aryl methyl sites for hydroxylation is 1. The number of amides is 1. The third-order valence-corrected chi connectivity index (χ3v) is 5.45. The van der Waals surface area contributed by atoms with E-state index >= 15 is 0 Å². The van der Waals surface area contributed by atoms with Gasteiger partial charge in [-0.15, -0.1) is 0 Å². The molecule has 0 spiro atoms. The largest absolute Gasteiger partial charge is 0.478 e. The summed E-state index contributed by atoms with van der Waals surface area (Å²) in [5.74, 6) is -0.709. The van der Waals surface area contributed by atoms with Crippen molar-refractivity contribution >= 4 is 51.7 Å². The number of aromatic nitrogens is 1. The summed E-state index contributed by atoms with van der Waals surface area (Å²) in [6.07, 6.45) is 0.785. The molecule has 0 fully saturated rings. The molecule has 0 saturated heterocycles. The average Bonchev–Trinajstić information content (AvgIpc) is 3.16. The molecule has 6 nitrogen and oxygen atoms in total. The Morgan fingerprint density at radius 3 is 2.73 bits per heavy atom. The van der Waals surface area contributed by atoms with Crippen molar-refractivity contribution in [2.75, 3.05) is 24.7 Å². The number of benzene rings is 2. The standard InChI is InChI=1S/C22H18Cl2N2O4/c1-13-6-7-15-16(23)10-17(24)22(21(15)25-13)30-12-20(28)29-11-19(27)26-9-8-14-4-2-3-5-18(14)26/h2-7,10H,8-9,11-12H2,1H3. The van der Waals surface area contributed by atoms with Gasteiger partial charge in [-0.3, -0.25) is 4.79 Å². The maximum absolute atomic E-state index is 12.5. The van der Waals surface area contributed by atoms with Gasteiger partial charge in [0.05, 0.1) is 10.0 Å².